The number of likely N-dealkylation sites (tertiary alicyclic amines) is 1. The number of carbonyl (C=O) groups excluding carboxylic acids is 2. The van der Waals surface area contributed by atoms with Gasteiger partial charge in [-0.25, -0.2) is 4.98 Å². The molecule has 2 aliphatic heterocycles. The van der Waals surface area contributed by atoms with Crippen molar-refractivity contribution in [3.63, 3.8) is 0 Å². The van der Waals surface area contributed by atoms with Crippen LogP contribution in [0.5, 0.6) is 5.75 Å². The molecular weight excluding hydrogens is 374 g/mol. The van der Waals surface area contributed by atoms with Crippen molar-refractivity contribution < 1.29 is 14.3 Å². The van der Waals surface area contributed by atoms with Gasteiger partial charge in [0.15, 0.2) is 0 Å². The molecule has 28 heavy (non-hydrogen) atoms. The van der Waals surface area contributed by atoms with Crippen molar-refractivity contribution in [2.45, 2.75) is 38.7 Å². The number of rotatable bonds is 3. The fraction of sp³-hybridized carbons (Fsp3) is 0.476. The fourth-order valence-electron chi connectivity index (χ4n) is 3.76. The quantitative estimate of drug-likeness (QED) is 0.861. The SMILES string of the molecule is CC(C)Cc1nc(C(=O)N2CCC3(CC2)CNC(=O)c2ccccc2O3)cs1. The number of thiazole rings is 1. The highest BCUT2D eigenvalue weighted by atomic mass is 32.1. The summed E-state index contributed by atoms with van der Waals surface area (Å²) in [7, 11) is 0. The number of hydrogen-bond acceptors (Lipinski definition) is 5. The Bertz CT molecular complexity index is 885. The van der Waals surface area contributed by atoms with E-state index < -0.39 is 5.60 Å². The summed E-state index contributed by atoms with van der Waals surface area (Å²) < 4.78 is 6.30. The molecule has 2 aromatic rings. The van der Waals surface area contributed by atoms with Gasteiger partial charge in [0.1, 0.15) is 17.0 Å². The number of amides is 2. The van der Waals surface area contributed by atoms with Gasteiger partial charge in [0.2, 0.25) is 0 Å². The number of hydrogen-bond donors (Lipinski definition) is 1. The van der Waals surface area contributed by atoms with Gasteiger partial charge >= 0.3 is 0 Å². The molecule has 0 unspecified atom stereocenters. The Hall–Kier alpha value is -2.41. The molecule has 1 aromatic carbocycles. The highest BCUT2D eigenvalue weighted by molar-refractivity contribution is 7.09. The molecule has 0 aliphatic carbocycles. The summed E-state index contributed by atoms with van der Waals surface area (Å²) in [6, 6.07) is 7.33. The van der Waals surface area contributed by atoms with Crippen LogP contribution in [0.15, 0.2) is 29.6 Å². The van der Waals surface area contributed by atoms with E-state index in [1.807, 2.05) is 28.5 Å². The van der Waals surface area contributed by atoms with E-state index >= 15 is 0 Å². The zero-order valence-electron chi connectivity index (χ0n) is 16.2. The van der Waals surface area contributed by atoms with Gasteiger partial charge in [-0.15, -0.1) is 11.3 Å². The molecule has 4 rings (SSSR count). The molecule has 2 amide bonds. The summed E-state index contributed by atoms with van der Waals surface area (Å²) >= 11 is 1.56. The fourth-order valence-corrected chi connectivity index (χ4v) is 4.74. The van der Waals surface area contributed by atoms with Crippen LogP contribution in [0.2, 0.25) is 0 Å². The van der Waals surface area contributed by atoms with E-state index in [0.717, 1.165) is 11.4 Å². The molecule has 7 heteroatoms. The van der Waals surface area contributed by atoms with Gasteiger partial charge in [-0.1, -0.05) is 26.0 Å². The van der Waals surface area contributed by atoms with Crippen LogP contribution in [0.25, 0.3) is 0 Å². The predicted molar refractivity (Wildman–Crippen MR) is 108 cm³/mol. The van der Waals surface area contributed by atoms with Gasteiger partial charge in [0.25, 0.3) is 11.8 Å². The lowest BCUT2D eigenvalue weighted by Crippen LogP contribution is -2.54. The molecule has 3 heterocycles. The third kappa shape index (κ3) is 3.76. The molecule has 1 N–H and O–H groups in total. The van der Waals surface area contributed by atoms with Crippen LogP contribution in [0.4, 0.5) is 0 Å². The molecule has 148 valence electrons. The summed E-state index contributed by atoms with van der Waals surface area (Å²) in [5.74, 6) is 1.02. The predicted octanol–water partition coefficient (Wildman–Crippen LogP) is 3.14. The molecule has 0 atom stereocenters. The second kappa shape index (κ2) is 7.54. The average Bonchev–Trinajstić information content (AvgIpc) is 3.09. The van der Waals surface area contributed by atoms with E-state index in [4.69, 9.17) is 4.74 Å². The zero-order chi connectivity index (χ0) is 19.7. The number of para-hydroxylation sites is 1. The number of fused-ring (bicyclic) bond motifs is 1. The largest absolute Gasteiger partial charge is 0.484 e. The Morgan fingerprint density at radius 3 is 2.82 bits per heavy atom. The lowest BCUT2D eigenvalue weighted by Gasteiger charge is -2.40. The number of nitrogens with one attached hydrogen (secondary N) is 1. The summed E-state index contributed by atoms with van der Waals surface area (Å²) in [5.41, 5.74) is 0.638. The maximum Gasteiger partial charge on any atom is 0.273 e. The van der Waals surface area contributed by atoms with Crippen LogP contribution >= 0.6 is 11.3 Å². The first-order valence-corrected chi connectivity index (χ1v) is 10.6. The zero-order valence-corrected chi connectivity index (χ0v) is 17.1. The van der Waals surface area contributed by atoms with E-state index in [2.05, 4.69) is 24.1 Å². The van der Waals surface area contributed by atoms with Crippen LogP contribution in [-0.4, -0.2) is 46.9 Å². The van der Waals surface area contributed by atoms with Crippen LogP contribution in [0.1, 0.15) is 52.5 Å². The Kier molecular flexibility index (Phi) is 5.10. The van der Waals surface area contributed by atoms with E-state index in [1.54, 1.807) is 17.4 Å². The summed E-state index contributed by atoms with van der Waals surface area (Å²) in [5, 5.41) is 5.86. The van der Waals surface area contributed by atoms with Gasteiger partial charge in [-0.05, 0) is 18.1 Å². The van der Waals surface area contributed by atoms with Gasteiger partial charge in [0.05, 0.1) is 17.1 Å². The molecule has 2 aliphatic rings. The summed E-state index contributed by atoms with van der Waals surface area (Å²) in [4.78, 5) is 31.5. The van der Waals surface area contributed by atoms with E-state index in [0.29, 0.717) is 55.4 Å². The average molecular weight is 400 g/mol. The topological polar surface area (TPSA) is 71.5 Å². The third-order valence-electron chi connectivity index (χ3n) is 5.34. The summed E-state index contributed by atoms with van der Waals surface area (Å²) in [6.07, 6.45) is 2.25. The number of aromatic nitrogens is 1. The Morgan fingerprint density at radius 1 is 1.32 bits per heavy atom. The molecular formula is C21H25N3O3S. The summed E-state index contributed by atoms with van der Waals surface area (Å²) in [6.45, 7) is 5.94. The number of carbonyl (C=O) groups is 2. The maximum absolute atomic E-state index is 12.8. The third-order valence-corrected chi connectivity index (χ3v) is 6.22. The van der Waals surface area contributed by atoms with Crippen molar-refractivity contribution >= 4 is 23.2 Å². The van der Waals surface area contributed by atoms with Crippen LogP contribution in [-0.2, 0) is 6.42 Å². The molecule has 0 bridgehead atoms. The van der Waals surface area contributed by atoms with Gasteiger partial charge in [-0.3, -0.25) is 9.59 Å². The number of nitrogens with zero attached hydrogens (tertiary/aromatic N) is 2. The van der Waals surface area contributed by atoms with Crippen molar-refractivity contribution in [2.75, 3.05) is 19.6 Å². The van der Waals surface area contributed by atoms with E-state index in [9.17, 15) is 9.59 Å². The van der Waals surface area contributed by atoms with Crippen molar-refractivity contribution in [3.05, 3.63) is 45.9 Å². The normalized spacial score (nSPS) is 18.4. The van der Waals surface area contributed by atoms with Gasteiger partial charge < -0.3 is 15.0 Å². The van der Waals surface area contributed by atoms with Crippen molar-refractivity contribution in [3.8, 4) is 5.75 Å². The molecule has 1 spiro atoms. The Balaban J connectivity index is 1.44. The second-order valence-electron chi connectivity index (χ2n) is 7.98. The molecule has 1 aromatic heterocycles. The van der Waals surface area contributed by atoms with Gasteiger partial charge in [0, 0.05) is 37.7 Å². The molecule has 0 saturated carbocycles. The number of piperidine rings is 1. The maximum atomic E-state index is 12.8. The second-order valence-corrected chi connectivity index (χ2v) is 8.92. The minimum absolute atomic E-state index is 0.0147. The van der Waals surface area contributed by atoms with E-state index in [-0.39, 0.29) is 11.8 Å². The number of benzene rings is 1. The first-order chi connectivity index (χ1) is 13.5. The monoisotopic (exact) mass is 399 g/mol. The minimum atomic E-state index is -0.468. The van der Waals surface area contributed by atoms with Gasteiger partial charge in [-0.2, -0.15) is 0 Å². The first-order valence-electron chi connectivity index (χ1n) is 9.76. The lowest BCUT2D eigenvalue weighted by atomic mass is 9.90. The Labute approximate surface area is 168 Å². The van der Waals surface area contributed by atoms with Crippen molar-refractivity contribution in [1.82, 2.24) is 15.2 Å². The van der Waals surface area contributed by atoms with Crippen molar-refractivity contribution in [1.29, 1.82) is 0 Å². The highest BCUT2D eigenvalue weighted by Gasteiger charge is 2.41. The van der Waals surface area contributed by atoms with Crippen molar-refractivity contribution in [2.24, 2.45) is 5.92 Å². The van der Waals surface area contributed by atoms with Crippen LogP contribution in [0.3, 0.4) is 0 Å². The molecule has 1 fully saturated rings. The van der Waals surface area contributed by atoms with Crippen LogP contribution < -0.4 is 10.1 Å². The van der Waals surface area contributed by atoms with Crippen LogP contribution in [0, 0.1) is 5.92 Å². The lowest BCUT2D eigenvalue weighted by molar-refractivity contribution is 0.00753. The molecule has 0 radical (unpaired) electrons. The molecule has 1 saturated heterocycles. The molecule has 6 nitrogen and oxygen atoms in total. The smallest absolute Gasteiger partial charge is 0.273 e. The standard InChI is InChI=1S/C21H25N3O3S/c1-14(2)11-18-23-16(12-28-18)20(26)24-9-7-21(8-10-24)13-22-19(25)15-5-3-4-6-17(15)27-21/h3-6,12,14H,7-11,13H2,1-2H3,(H,22,25). The highest BCUT2D eigenvalue weighted by Crippen LogP contribution is 2.33. The number of ether oxygens (including phenoxy) is 1. The Morgan fingerprint density at radius 2 is 2.07 bits per heavy atom. The van der Waals surface area contributed by atoms with E-state index in [1.165, 1.54) is 0 Å². The minimum Gasteiger partial charge on any atom is -0.484 e. The first kappa shape index (κ1) is 18.9.